The Hall–Kier alpha value is -5.79. The molecule has 5 amide bonds. The molecule has 3 aliphatic heterocycles. The van der Waals surface area contributed by atoms with Gasteiger partial charge >= 0.3 is 0 Å². The number of aromatic nitrogens is 2. The molecule has 14 nitrogen and oxygen atoms in total. The molecule has 14 heteroatoms. The van der Waals surface area contributed by atoms with Gasteiger partial charge < -0.3 is 26.0 Å². The highest BCUT2D eigenvalue weighted by molar-refractivity contribution is 6.26. The monoisotopic (exact) mass is 596 g/mol. The molecule has 5 N–H and O–H groups in total. The minimum atomic E-state index is -1.10. The second-order valence-corrected chi connectivity index (χ2v) is 10.5. The van der Waals surface area contributed by atoms with Crippen LogP contribution in [-0.2, 0) is 14.4 Å². The predicted octanol–water partition coefficient (Wildman–Crippen LogP) is 1.11. The van der Waals surface area contributed by atoms with E-state index in [2.05, 4.69) is 25.7 Å². The second-order valence-electron chi connectivity index (χ2n) is 10.5. The molecule has 0 bridgehead atoms. The number of hydrogen-bond donors (Lipinski definition) is 4. The van der Waals surface area contributed by atoms with Gasteiger partial charge in [-0.05, 0) is 36.8 Å². The molecule has 2 fully saturated rings. The number of nitrogens with two attached hydrogens (primary N) is 1. The Kier molecular flexibility index (Phi) is 7.39. The van der Waals surface area contributed by atoms with Crippen LogP contribution in [0, 0.1) is 0 Å². The van der Waals surface area contributed by atoms with Crippen LogP contribution >= 0.6 is 0 Å². The van der Waals surface area contributed by atoms with Crippen LogP contribution in [0.5, 0.6) is 5.75 Å². The van der Waals surface area contributed by atoms with E-state index in [1.165, 1.54) is 18.2 Å². The van der Waals surface area contributed by atoms with E-state index in [1.807, 2.05) is 4.90 Å². The largest absolute Gasteiger partial charge is 0.507 e. The number of nitrogens with one attached hydrogen (secondary N) is 2. The van der Waals surface area contributed by atoms with Crippen LogP contribution in [0.25, 0.3) is 11.3 Å². The number of anilines is 3. The Morgan fingerprint density at radius 2 is 1.73 bits per heavy atom. The van der Waals surface area contributed by atoms with E-state index in [1.54, 1.807) is 42.6 Å². The van der Waals surface area contributed by atoms with Gasteiger partial charge in [-0.25, -0.2) is 0 Å². The van der Waals surface area contributed by atoms with Gasteiger partial charge in [0, 0.05) is 50.4 Å². The SMILES string of the molecule is Nc1nnc(-c2ccccc2O)cc1N1CCN(/C=C/C(=O)Nc2cccc3c2C(=O)N(C2CCC(=O)NC2=O)C3=O)CC1. The van der Waals surface area contributed by atoms with Gasteiger partial charge in [0.1, 0.15) is 11.8 Å². The number of fused-ring (bicyclic) bond motifs is 1. The maximum atomic E-state index is 13.3. The number of rotatable bonds is 6. The molecular formula is C30H28N8O6. The number of amides is 5. The molecule has 4 heterocycles. The number of phenols is 1. The Morgan fingerprint density at radius 3 is 2.48 bits per heavy atom. The fraction of sp³-hybridized carbons (Fsp3) is 0.233. The highest BCUT2D eigenvalue weighted by atomic mass is 16.3. The normalized spacial score (nSPS) is 18.5. The lowest BCUT2D eigenvalue weighted by atomic mass is 10.0. The summed E-state index contributed by atoms with van der Waals surface area (Å²) in [6.07, 6.45) is 3.04. The quantitative estimate of drug-likeness (QED) is 0.235. The number of piperazine rings is 1. The van der Waals surface area contributed by atoms with Gasteiger partial charge in [0.15, 0.2) is 5.82 Å². The standard InChI is InChI=1S/C30H28N8O6/c31-27-22(16-20(34-35-27)17-4-1-2-7-23(17)39)37-14-12-36(13-15-37)11-10-25(41)32-19-6-3-5-18-26(19)30(44)38(29(18)43)21-8-9-24(40)33-28(21)42/h1-7,10-11,16,21,39H,8-9,12-15H2,(H2,31,35)(H,32,41)(H,33,40,42)/b11-10+. The van der Waals surface area contributed by atoms with E-state index in [0.717, 1.165) is 4.90 Å². The van der Waals surface area contributed by atoms with Crippen molar-refractivity contribution in [2.45, 2.75) is 18.9 Å². The number of aromatic hydroxyl groups is 1. The van der Waals surface area contributed by atoms with Gasteiger partial charge in [0.2, 0.25) is 17.7 Å². The molecule has 0 saturated carbocycles. The molecule has 3 aliphatic rings. The van der Waals surface area contributed by atoms with E-state index < -0.39 is 35.6 Å². The van der Waals surface area contributed by atoms with E-state index in [-0.39, 0.29) is 41.2 Å². The Bertz CT molecular complexity index is 1730. The fourth-order valence-electron chi connectivity index (χ4n) is 5.54. The number of carbonyl (C=O) groups is 5. The molecule has 6 rings (SSSR count). The lowest BCUT2D eigenvalue weighted by molar-refractivity contribution is -0.136. The van der Waals surface area contributed by atoms with Crippen molar-refractivity contribution in [3.8, 4) is 17.0 Å². The van der Waals surface area contributed by atoms with E-state index in [0.29, 0.717) is 43.1 Å². The molecule has 1 unspecified atom stereocenters. The van der Waals surface area contributed by atoms with Crippen LogP contribution in [-0.4, -0.2) is 86.9 Å². The van der Waals surface area contributed by atoms with Gasteiger partial charge in [0.05, 0.1) is 28.2 Å². The van der Waals surface area contributed by atoms with Crippen molar-refractivity contribution >= 4 is 46.7 Å². The summed E-state index contributed by atoms with van der Waals surface area (Å²) in [5.41, 5.74) is 8.10. The average molecular weight is 597 g/mol. The first-order valence-corrected chi connectivity index (χ1v) is 14.0. The number of hydrogen-bond acceptors (Lipinski definition) is 11. The number of carbonyl (C=O) groups excluding carboxylic acids is 5. The second kappa shape index (κ2) is 11.5. The van der Waals surface area contributed by atoms with Gasteiger partial charge in [-0.3, -0.25) is 34.2 Å². The van der Waals surface area contributed by atoms with Crippen LogP contribution in [0.1, 0.15) is 33.6 Å². The average Bonchev–Trinajstić information content (AvgIpc) is 3.27. The molecule has 224 valence electrons. The van der Waals surface area contributed by atoms with Crippen molar-refractivity contribution in [1.29, 1.82) is 0 Å². The van der Waals surface area contributed by atoms with Crippen LogP contribution in [0.15, 0.2) is 60.8 Å². The minimum Gasteiger partial charge on any atom is -0.507 e. The molecular weight excluding hydrogens is 568 g/mol. The third kappa shape index (κ3) is 5.28. The van der Waals surface area contributed by atoms with Crippen molar-refractivity contribution < 1.29 is 29.1 Å². The smallest absolute Gasteiger partial charge is 0.264 e. The first-order chi connectivity index (χ1) is 21.2. The zero-order valence-corrected chi connectivity index (χ0v) is 23.4. The number of para-hydroxylation sites is 1. The van der Waals surface area contributed by atoms with Crippen molar-refractivity contribution in [2.24, 2.45) is 0 Å². The van der Waals surface area contributed by atoms with Crippen molar-refractivity contribution in [1.82, 2.24) is 25.3 Å². The molecule has 1 atom stereocenters. The number of piperidine rings is 1. The van der Waals surface area contributed by atoms with Crippen LogP contribution in [0.3, 0.4) is 0 Å². The number of nitrogen functional groups attached to an aromatic ring is 1. The number of benzene rings is 2. The van der Waals surface area contributed by atoms with Crippen LogP contribution in [0.4, 0.5) is 17.2 Å². The molecule has 2 saturated heterocycles. The number of phenolic OH excluding ortho intramolecular Hbond substituents is 1. The van der Waals surface area contributed by atoms with Crippen LogP contribution in [0.2, 0.25) is 0 Å². The summed E-state index contributed by atoms with van der Waals surface area (Å²) in [6.45, 7) is 2.32. The van der Waals surface area contributed by atoms with E-state index >= 15 is 0 Å². The predicted molar refractivity (Wildman–Crippen MR) is 158 cm³/mol. The summed E-state index contributed by atoms with van der Waals surface area (Å²) < 4.78 is 0. The fourth-order valence-corrected chi connectivity index (χ4v) is 5.54. The Labute approximate surface area is 251 Å². The van der Waals surface area contributed by atoms with Gasteiger partial charge in [0.25, 0.3) is 11.8 Å². The van der Waals surface area contributed by atoms with E-state index in [9.17, 15) is 29.1 Å². The number of imide groups is 2. The van der Waals surface area contributed by atoms with Gasteiger partial charge in [-0.15, -0.1) is 10.2 Å². The third-order valence-electron chi connectivity index (χ3n) is 7.80. The van der Waals surface area contributed by atoms with E-state index in [4.69, 9.17) is 5.73 Å². The summed E-state index contributed by atoms with van der Waals surface area (Å²) in [5, 5.41) is 23.2. The van der Waals surface area contributed by atoms with Gasteiger partial charge in [-0.2, -0.15) is 0 Å². The molecule has 3 aromatic rings. The molecule has 2 aromatic carbocycles. The lowest BCUT2D eigenvalue weighted by Gasteiger charge is -2.35. The highest BCUT2D eigenvalue weighted by Gasteiger charge is 2.45. The molecule has 44 heavy (non-hydrogen) atoms. The van der Waals surface area contributed by atoms with Crippen molar-refractivity contribution in [2.75, 3.05) is 42.1 Å². The Balaban J connectivity index is 1.09. The third-order valence-corrected chi connectivity index (χ3v) is 7.80. The maximum absolute atomic E-state index is 13.3. The van der Waals surface area contributed by atoms with Gasteiger partial charge in [-0.1, -0.05) is 18.2 Å². The number of nitrogens with zero attached hydrogens (tertiary/aromatic N) is 5. The van der Waals surface area contributed by atoms with Crippen molar-refractivity contribution in [3.05, 3.63) is 71.9 Å². The Morgan fingerprint density at radius 1 is 0.977 bits per heavy atom. The maximum Gasteiger partial charge on any atom is 0.264 e. The summed E-state index contributed by atoms with van der Waals surface area (Å²) >= 11 is 0. The first kappa shape index (κ1) is 28.3. The van der Waals surface area contributed by atoms with Crippen molar-refractivity contribution in [3.63, 3.8) is 0 Å². The lowest BCUT2D eigenvalue weighted by Crippen LogP contribution is -2.54. The molecule has 1 aromatic heterocycles. The summed E-state index contributed by atoms with van der Waals surface area (Å²) in [7, 11) is 0. The van der Waals surface area contributed by atoms with Crippen LogP contribution < -0.4 is 21.3 Å². The molecule has 0 radical (unpaired) electrons. The summed E-state index contributed by atoms with van der Waals surface area (Å²) in [5.74, 6) is -2.66. The molecule has 0 spiro atoms. The topological polar surface area (TPSA) is 191 Å². The first-order valence-electron chi connectivity index (χ1n) is 14.0. The zero-order valence-electron chi connectivity index (χ0n) is 23.4. The zero-order chi connectivity index (χ0) is 31.0. The minimum absolute atomic E-state index is 0.00399. The molecule has 0 aliphatic carbocycles. The summed E-state index contributed by atoms with van der Waals surface area (Å²) in [4.78, 5) is 67.9. The summed E-state index contributed by atoms with van der Waals surface area (Å²) in [6, 6.07) is 12.1. The highest BCUT2D eigenvalue weighted by Crippen LogP contribution is 2.33.